The summed E-state index contributed by atoms with van der Waals surface area (Å²) in [5.74, 6) is 0.704. The summed E-state index contributed by atoms with van der Waals surface area (Å²) < 4.78 is 6.19. The summed E-state index contributed by atoms with van der Waals surface area (Å²) in [4.78, 5) is 10.3. The van der Waals surface area contributed by atoms with E-state index in [0.717, 1.165) is 66.4 Å². The molecule has 0 saturated carbocycles. The summed E-state index contributed by atoms with van der Waals surface area (Å²) in [6.45, 7) is 0. The van der Waals surface area contributed by atoms with Crippen LogP contribution in [0.2, 0.25) is 0 Å². The summed E-state index contributed by atoms with van der Waals surface area (Å²) in [6.07, 6.45) is 0. The molecule has 238 valence electrons. The summed E-state index contributed by atoms with van der Waals surface area (Å²) in [6, 6.07) is 63.9. The normalized spacial score (nSPS) is 11.5. The van der Waals surface area contributed by atoms with Gasteiger partial charge in [-0.3, -0.25) is 0 Å². The first-order chi connectivity index (χ1) is 25.3. The third-order valence-electron chi connectivity index (χ3n) is 9.89. The Labute approximate surface area is 295 Å². The second-order valence-corrected chi connectivity index (χ2v) is 13.0. The van der Waals surface area contributed by atoms with Gasteiger partial charge < -0.3 is 4.42 Å². The Morgan fingerprint density at radius 2 is 0.902 bits per heavy atom. The Hall–Kier alpha value is -6.84. The molecule has 0 amide bonds. The van der Waals surface area contributed by atoms with E-state index >= 15 is 0 Å². The Bertz CT molecular complexity index is 2910. The van der Waals surface area contributed by atoms with E-state index in [0.29, 0.717) is 5.82 Å². The van der Waals surface area contributed by atoms with Gasteiger partial charge >= 0.3 is 0 Å². The van der Waals surface area contributed by atoms with Crippen molar-refractivity contribution in [3.05, 3.63) is 182 Å². The molecule has 0 spiro atoms. The van der Waals surface area contributed by atoms with Crippen molar-refractivity contribution in [2.75, 3.05) is 0 Å². The van der Waals surface area contributed by atoms with Crippen LogP contribution in [0.4, 0.5) is 0 Å². The van der Waals surface area contributed by atoms with Crippen molar-refractivity contribution in [2.45, 2.75) is 0 Å². The van der Waals surface area contributed by atoms with Gasteiger partial charge in [-0.05, 0) is 74.1 Å². The van der Waals surface area contributed by atoms with Gasteiger partial charge in [0, 0.05) is 27.5 Å². The highest BCUT2D eigenvalue weighted by molar-refractivity contribution is 6.13. The number of hydrogen-bond donors (Lipinski definition) is 0. The van der Waals surface area contributed by atoms with Crippen molar-refractivity contribution in [1.29, 1.82) is 0 Å². The zero-order chi connectivity index (χ0) is 33.7. The van der Waals surface area contributed by atoms with Gasteiger partial charge in [0.2, 0.25) is 0 Å². The molecule has 0 aliphatic rings. The number of rotatable bonds is 5. The minimum Gasteiger partial charge on any atom is -0.456 e. The highest BCUT2D eigenvalue weighted by Crippen LogP contribution is 2.39. The molecular weight excluding hydrogens is 621 g/mol. The smallest absolute Gasteiger partial charge is 0.160 e. The number of furan rings is 1. The first-order valence-electron chi connectivity index (χ1n) is 17.2. The van der Waals surface area contributed by atoms with E-state index in [1.54, 1.807) is 0 Å². The number of nitrogens with zero attached hydrogens (tertiary/aromatic N) is 2. The lowest BCUT2D eigenvalue weighted by atomic mass is 9.94. The molecule has 0 bridgehead atoms. The Kier molecular flexibility index (Phi) is 6.81. The molecule has 0 radical (unpaired) electrons. The number of aromatic nitrogens is 2. The third kappa shape index (κ3) is 5.06. The summed E-state index contributed by atoms with van der Waals surface area (Å²) in [5.41, 5.74) is 11.4. The minimum absolute atomic E-state index is 0.704. The van der Waals surface area contributed by atoms with E-state index in [1.165, 1.54) is 27.5 Å². The molecule has 0 aliphatic carbocycles. The first-order valence-corrected chi connectivity index (χ1v) is 17.2. The van der Waals surface area contributed by atoms with Crippen LogP contribution in [0.5, 0.6) is 0 Å². The monoisotopic (exact) mass is 650 g/mol. The molecule has 0 N–H and O–H groups in total. The van der Waals surface area contributed by atoms with Crippen LogP contribution < -0.4 is 0 Å². The molecule has 51 heavy (non-hydrogen) atoms. The number of para-hydroxylation sites is 1. The number of benzene rings is 8. The van der Waals surface area contributed by atoms with Gasteiger partial charge in [-0.2, -0.15) is 0 Å². The quantitative estimate of drug-likeness (QED) is 0.186. The summed E-state index contributed by atoms with van der Waals surface area (Å²) in [5, 5.41) is 6.96. The highest BCUT2D eigenvalue weighted by Gasteiger charge is 2.16. The van der Waals surface area contributed by atoms with Crippen LogP contribution >= 0.6 is 0 Å². The van der Waals surface area contributed by atoms with Crippen molar-refractivity contribution in [1.82, 2.24) is 9.97 Å². The maximum Gasteiger partial charge on any atom is 0.160 e. The summed E-state index contributed by atoms with van der Waals surface area (Å²) in [7, 11) is 0. The fraction of sp³-hybridized carbons (Fsp3) is 0. The molecule has 0 atom stereocenters. The van der Waals surface area contributed by atoms with Crippen LogP contribution in [0.3, 0.4) is 0 Å². The van der Waals surface area contributed by atoms with Gasteiger partial charge in [-0.25, -0.2) is 9.97 Å². The Morgan fingerprint density at radius 3 is 1.71 bits per heavy atom. The topological polar surface area (TPSA) is 38.9 Å². The zero-order valence-corrected chi connectivity index (χ0v) is 27.6. The molecule has 8 aromatic carbocycles. The molecule has 2 heterocycles. The molecule has 2 aromatic heterocycles. The molecule has 3 nitrogen and oxygen atoms in total. The van der Waals surface area contributed by atoms with Crippen LogP contribution in [0.25, 0.3) is 99.6 Å². The van der Waals surface area contributed by atoms with Gasteiger partial charge in [-0.1, -0.05) is 152 Å². The van der Waals surface area contributed by atoms with Crippen LogP contribution in [0, 0.1) is 0 Å². The molecular formula is C48H30N2O. The van der Waals surface area contributed by atoms with Crippen LogP contribution in [-0.2, 0) is 0 Å². The van der Waals surface area contributed by atoms with Gasteiger partial charge in [-0.15, -0.1) is 0 Å². The second-order valence-electron chi connectivity index (χ2n) is 13.0. The van der Waals surface area contributed by atoms with Crippen molar-refractivity contribution in [3.63, 3.8) is 0 Å². The molecule has 3 heteroatoms. The van der Waals surface area contributed by atoms with Crippen LogP contribution in [0.1, 0.15) is 0 Å². The minimum atomic E-state index is 0.704. The molecule has 0 aliphatic heterocycles. The van der Waals surface area contributed by atoms with E-state index in [1.807, 2.05) is 36.4 Å². The highest BCUT2D eigenvalue weighted by atomic mass is 16.3. The first kappa shape index (κ1) is 29.1. The van der Waals surface area contributed by atoms with Crippen molar-refractivity contribution < 1.29 is 4.42 Å². The number of fused-ring (bicyclic) bond motifs is 5. The zero-order valence-electron chi connectivity index (χ0n) is 27.6. The lowest BCUT2D eigenvalue weighted by Crippen LogP contribution is -1.96. The van der Waals surface area contributed by atoms with E-state index in [-0.39, 0.29) is 0 Å². The largest absolute Gasteiger partial charge is 0.456 e. The molecule has 0 fully saturated rings. The standard InChI is InChI=1S/C48H30N2O/c1-3-12-31(13-4-1)37-17-9-20-40-39(37)19-10-21-41(40)44-30-43(49-48(50-44)32-14-5-2-6-15-32)36-27-25-33-28-35(26-24-34(33)29-36)38-18-11-23-46-47(38)42-16-7-8-22-45(42)51-46/h1-30H. The lowest BCUT2D eigenvalue weighted by molar-refractivity contribution is 0.669. The fourth-order valence-corrected chi connectivity index (χ4v) is 7.44. The Balaban J connectivity index is 1.11. The van der Waals surface area contributed by atoms with E-state index < -0.39 is 0 Å². The van der Waals surface area contributed by atoms with Crippen molar-refractivity contribution in [2.24, 2.45) is 0 Å². The molecule has 0 unspecified atom stereocenters. The van der Waals surface area contributed by atoms with Gasteiger partial charge in [0.1, 0.15) is 11.2 Å². The fourth-order valence-electron chi connectivity index (χ4n) is 7.44. The number of hydrogen-bond acceptors (Lipinski definition) is 3. The third-order valence-corrected chi connectivity index (χ3v) is 9.89. The van der Waals surface area contributed by atoms with E-state index in [2.05, 4.69) is 146 Å². The SMILES string of the molecule is c1ccc(-c2nc(-c3ccc4cc(-c5cccc6oc7ccccc7c56)ccc4c3)cc(-c3cccc4c(-c5ccccc5)cccc34)n2)cc1. The predicted molar refractivity (Wildman–Crippen MR) is 212 cm³/mol. The predicted octanol–water partition coefficient (Wildman–Crippen LogP) is 13.0. The summed E-state index contributed by atoms with van der Waals surface area (Å²) >= 11 is 0. The Morgan fingerprint density at radius 1 is 0.333 bits per heavy atom. The van der Waals surface area contributed by atoms with Gasteiger partial charge in [0.05, 0.1) is 11.4 Å². The van der Waals surface area contributed by atoms with Crippen LogP contribution in [0.15, 0.2) is 186 Å². The second kappa shape index (κ2) is 11.9. The van der Waals surface area contributed by atoms with E-state index in [4.69, 9.17) is 14.4 Å². The average molecular weight is 651 g/mol. The van der Waals surface area contributed by atoms with E-state index in [9.17, 15) is 0 Å². The average Bonchev–Trinajstić information content (AvgIpc) is 3.59. The lowest BCUT2D eigenvalue weighted by Gasteiger charge is -2.13. The van der Waals surface area contributed by atoms with Gasteiger partial charge in [0.25, 0.3) is 0 Å². The maximum atomic E-state index is 6.19. The molecule has 10 rings (SSSR count). The maximum absolute atomic E-state index is 6.19. The van der Waals surface area contributed by atoms with Gasteiger partial charge in [0.15, 0.2) is 5.82 Å². The molecule has 10 aromatic rings. The van der Waals surface area contributed by atoms with Crippen LogP contribution in [-0.4, -0.2) is 9.97 Å². The van der Waals surface area contributed by atoms with Crippen molar-refractivity contribution in [3.8, 4) is 56.2 Å². The molecule has 0 saturated heterocycles. The van der Waals surface area contributed by atoms with Crippen molar-refractivity contribution >= 4 is 43.5 Å².